The minimum absolute atomic E-state index is 0.182. The van der Waals surface area contributed by atoms with Crippen LogP contribution in [0.15, 0.2) is 18.2 Å². The number of nitrogens with two attached hydrogens (primary N) is 1. The van der Waals surface area contributed by atoms with Crippen molar-refractivity contribution in [2.75, 3.05) is 32.7 Å². The van der Waals surface area contributed by atoms with Crippen LogP contribution in [-0.4, -0.2) is 71.4 Å². The summed E-state index contributed by atoms with van der Waals surface area (Å²) in [6.07, 6.45) is 8.43. The molecule has 208 valence electrons. The molecule has 8 heteroatoms. The number of rotatable bonds is 6. The van der Waals surface area contributed by atoms with E-state index in [4.69, 9.17) is 10.5 Å². The van der Waals surface area contributed by atoms with E-state index >= 15 is 0 Å². The molecule has 1 spiro atoms. The Morgan fingerprint density at radius 1 is 1.03 bits per heavy atom. The predicted molar refractivity (Wildman–Crippen MR) is 146 cm³/mol. The SMILES string of the molecule is CC(C)[C@H]1CC[C@@H](N2CCC3(CC2)C(=O)N(CCN2CCCCC2=O)Cc2cc(OC(N)=O)ccc23)CC1. The van der Waals surface area contributed by atoms with Crippen LogP contribution in [0.25, 0.3) is 0 Å². The van der Waals surface area contributed by atoms with Crippen LogP contribution in [0.5, 0.6) is 5.75 Å². The van der Waals surface area contributed by atoms with Crippen LogP contribution >= 0.6 is 0 Å². The van der Waals surface area contributed by atoms with Gasteiger partial charge >= 0.3 is 6.09 Å². The van der Waals surface area contributed by atoms with Gasteiger partial charge in [0.2, 0.25) is 11.8 Å². The maximum Gasteiger partial charge on any atom is 0.409 e. The third-order valence-corrected chi connectivity index (χ3v) is 9.78. The molecular formula is C30H44N4O4. The Morgan fingerprint density at radius 2 is 1.74 bits per heavy atom. The summed E-state index contributed by atoms with van der Waals surface area (Å²) in [5.74, 6) is 2.37. The van der Waals surface area contributed by atoms with Gasteiger partial charge in [-0.2, -0.15) is 0 Å². The van der Waals surface area contributed by atoms with Crippen LogP contribution in [0.4, 0.5) is 4.79 Å². The fourth-order valence-corrected chi connectivity index (χ4v) is 7.45. The molecule has 1 saturated carbocycles. The van der Waals surface area contributed by atoms with E-state index in [1.165, 1.54) is 25.7 Å². The van der Waals surface area contributed by atoms with Crippen molar-refractivity contribution in [1.82, 2.24) is 14.7 Å². The third-order valence-electron chi connectivity index (χ3n) is 9.78. The first-order valence-electron chi connectivity index (χ1n) is 14.7. The van der Waals surface area contributed by atoms with Gasteiger partial charge < -0.3 is 25.2 Å². The molecule has 3 fully saturated rings. The number of piperidine rings is 2. The van der Waals surface area contributed by atoms with E-state index in [2.05, 4.69) is 18.7 Å². The molecule has 5 rings (SSSR count). The van der Waals surface area contributed by atoms with Crippen molar-refractivity contribution in [3.63, 3.8) is 0 Å². The zero-order valence-corrected chi connectivity index (χ0v) is 23.1. The second kappa shape index (κ2) is 11.2. The number of hydrogen-bond acceptors (Lipinski definition) is 5. The van der Waals surface area contributed by atoms with E-state index in [9.17, 15) is 14.4 Å². The summed E-state index contributed by atoms with van der Waals surface area (Å²) in [5.41, 5.74) is 6.77. The monoisotopic (exact) mass is 524 g/mol. The average Bonchev–Trinajstić information content (AvgIpc) is 2.91. The number of nitrogens with zero attached hydrogens (tertiary/aromatic N) is 3. The molecule has 0 bridgehead atoms. The number of ether oxygens (including phenoxy) is 1. The fourth-order valence-electron chi connectivity index (χ4n) is 7.45. The van der Waals surface area contributed by atoms with Crippen LogP contribution in [-0.2, 0) is 21.5 Å². The van der Waals surface area contributed by atoms with Gasteiger partial charge in [-0.05, 0) is 99.6 Å². The first-order chi connectivity index (χ1) is 18.3. The van der Waals surface area contributed by atoms with Crippen LogP contribution in [0.2, 0.25) is 0 Å². The third kappa shape index (κ3) is 5.42. The molecule has 0 aromatic heterocycles. The van der Waals surface area contributed by atoms with Crippen molar-refractivity contribution in [2.45, 2.75) is 89.6 Å². The Balaban J connectivity index is 1.34. The molecule has 4 aliphatic rings. The maximum absolute atomic E-state index is 14.2. The Labute approximate surface area is 226 Å². The summed E-state index contributed by atoms with van der Waals surface area (Å²) in [4.78, 5) is 44.4. The molecular weight excluding hydrogens is 480 g/mol. The van der Waals surface area contributed by atoms with Gasteiger partial charge in [-0.3, -0.25) is 9.59 Å². The van der Waals surface area contributed by atoms with Gasteiger partial charge in [-0.25, -0.2) is 4.79 Å². The van der Waals surface area contributed by atoms with Crippen LogP contribution < -0.4 is 10.5 Å². The molecule has 1 aliphatic carbocycles. The van der Waals surface area contributed by atoms with Gasteiger partial charge in [0.25, 0.3) is 0 Å². The summed E-state index contributed by atoms with van der Waals surface area (Å²) in [7, 11) is 0. The fraction of sp³-hybridized carbons (Fsp3) is 0.700. The van der Waals surface area contributed by atoms with Gasteiger partial charge in [0.1, 0.15) is 5.75 Å². The molecule has 3 aliphatic heterocycles. The van der Waals surface area contributed by atoms with Gasteiger partial charge in [-0.15, -0.1) is 0 Å². The van der Waals surface area contributed by atoms with Crippen molar-refractivity contribution >= 4 is 17.9 Å². The average molecular weight is 525 g/mol. The maximum atomic E-state index is 14.2. The molecule has 0 radical (unpaired) electrons. The first kappa shape index (κ1) is 27.0. The van der Waals surface area contributed by atoms with Crippen molar-refractivity contribution < 1.29 is 19.1 Å². The quantitative estimate of drug-likeness (QED) is 0.606. The zero-order chi connectivity index (χ0) is 26.9. The minimum atomic E-state index is -0.840. The lowest BCUT2D eigenvalue weighted by molar-refractivity contribution is -0.144. The number of carbonyl (C=O) groups excluding carboxylic acids is 3. The molecule has 2 N–H and O–H groups in total. The van der Waals surface area contributed by atoms with Gasteiger partial charge in [0.05, 0.1) is 5.41 Å². The van der Waals surface area contributed by atoms with E-state index in [1.54, 1.807) is 6.07 Å². The highest BCUT2D eigenvalue weighted by atomic mass is 16.5. The molecule has 38 heavy (non-hydrogen) atoms. The molecule has 3 heterocycles. The van der Waals surface area contributed by atoms with E-state index in [0.29, 0.717) is 37.8 Å². The van der Waals surface area contributed by atoms with Crippen molar-refractivity contribution in [3.8, 4) is 5.75 Å². The van der Waals surface area contributed by atoms with E-state index < -0.39 is 11.5 Å². The molecule has 8 nitrogen and oxygen atoms in total. The molecule has 1 aromatic rings. The first-order valence-corrected chi connectivity index (χ1v) is 14.7. The highest BCUT2D eigenvalue weighted by Gasteiger charge is 2.49. The van der Waals surface area contributed by atoms with E-state index in [0.717, 1.165) is 68.3 Å². The highest BCUT2D eigenvalue weighted by Crippen LogP contribution is 2.45. The normalized spacial score (nSPS) is 26.1. The second-order valence-electron chi connectivity index (χ2n) is 12.2. The smallest absolute Gasteiger partial charge is 0.409 e. The number of amides is 3. The summed E-state index contributed by atoms with van der Waals surface area (Å²) in [6, 6.07) is 6.22. The number of fused-ring (bicyclic) bond motifs is 2. The summed E-state index contributed by atoms with van der Waals surface area (Å²) in [6.45, 7) is 8.84. The van der Waals surface area contributed by atoms with E-state index in [-0.39, 0.29) is 11.8 Å². The number of likely N-dealkylation sites (tertiary alicyclic amines) is 2. The van der Waals surface area contributed by atoms with Gasteiger partial charge in [0.15, 0.2) is 0 Å². The zero-order valence-electron chi connectivity index (χ0n) is 23.1. The molecule has 2 saturated heterocycles. The van der Waals surface area contributed by atoms with Gasteiger partial charge in [-0.1, -0.05) is 19.9 Å². The number of carbonyl (C=O) groups is 3. The molecule has 0 atom stereocenters. The lowest BCUT2D eigenvalue weighted by Gasteiger charge is -2.50. The number of primary amides is 1. The van der Waals surface area contributed by atoms with Crippen LogP contribution in [0.1, 0.15) is 82.8 Å². The van der Waals surface area contributed by atoms with E-state index in [1.807, 2.05) is 21.9 Å². The van der Waals surface area contributed by atoms with Crippen molar-refractivity contribution in [1.29, 1.82) is 0 Å². The van der Waals surface area contributed by atoms with Crippen LogP contribution in [0.3, 0.4) is 0 Å². The standard InChI is InChI=1S/C30H44N4O4/c1-21(2)22-6-8-24(9-7-22)32-15-12-30(13-16-32)26-11-10-25(38-29(31)37)19-23(26)20-34(28(30)36)18-17-33-14-4-3-5-27(33)35/h10-11,19,21-22,24H,3-9,12-18,20H2,1-2H3,(H2,31,37)/t22-,24+. The Hall–Kier alpha value is -2.61. The predicted octanol–water partition coefficient (Wildman–Crippen LogP) is 4.05. The second-order valence-corrected chi connectivity index (χ2v) is 12.2. The Morgan fingerprint density at radius 3 is 2.39 bits per heavy atom. The van der Waals surface area contributed by atoms with Gasteiger partial charge in [0, 0.05) is 38.6 Å². The number of benzene rings is 1. The lowest BCUT2D eigenvalue weighted by Crippen LogP contribution is -2.58. The summed E-state index contributed by atoms with van der Waals surface area (Å²) in [5, 5.41) is 0. The van der Waals surface area contributed by atoms with Crippen molar-refractivity contribution in [2.24, 2.45) is 17.6 Å². The molecule has 1 aromatic carbocycles. The minimum Gasteiger partial charge on any atom is -0.410 e. The Kier molecular flexibility index (Phi) is 7.98. The Bertz CT molecular complexity index is 1040. The molecule has 0 unspecified atom stereocenters. The summed E-state index contributed by atoms with van der Waals surface area (Å²) < 4.78 is 5.18. The largest absolute Gasteiger partial charge is 0.410 e. The van der Waals surface area contributed by atoms with Crippen LogP contribution in [0, 0.1) is 11.8 Å². The highest BCUT2D eigenvalue weighted by molar-refractivity contribution is 5.91. The topological polar surface area (TPSA) is 96.2 Å². The lowest BCUT2D eigenvalue weighted by atomic mass is 9.67. The molecule has 3 amide bonds. The summed E-state index contributed by atoms with van der Waals surface area (Å²) >= 11 is 0. The van der Waals surface area contributed by atoms with Crippen molar-refractivity contribution in [3.05, 3.63) is 29.3 Å². The number of hydrogen-bond donors (Lipinski definition) is 1.